The van der Waals surface area contributed by atoms with Crippen LogP contribution < -0.4 is 10.9 Å². The van der Waals surface area contributed by atoms with E-state index < -0.39 is 0 Å². The normalized spacial score (nSPS) is 11.1. The van der Waals surface area contributed by atoms with Gasteiger partial charge in [0, 0.05) is 37.8 Å². The molecule has 0 atom stereocenters. The van der Waals surface area contributed by atoms with E-state index in [1.807, 2.05) is 19.0 Å². The van der Waals surface area contributed by atoms with Crippen molar-refractivity contribution in [3.05, 3.63) is 40.6 Å². The van der Waals surface area contributed by atoms with Gasteiger partial charge in [-0.05, 0) is 14.1 Å². The summed E-state index contributed by atoms with van der Waals surface area (Å²) in [5.41, 5.74) is -0.183. The Labute approximate surface area is 106 Å². The smallest absolute Gasteiger partial charge is 0.250 e. The van der Waals surface area contributed by atoms with Crippen molar-refractivity contribution in [3.63, 3.8) is 0 Å². The van der Waals surface area contributed by atoms with E-state index in [0.29, 0.717) is 18.8 Å². The van der Waals surface area contributed by atoms with Crippen LogP contribution in [-0.4, -0.2) is 48.0 Å². The van der Waals surface area contributed by atoms with Crippen LogP contribution in [0.5, 0.6) is 0 Å². The molecule has 0 radical (unpaired) electrons. The highest BCUT2D eigenvalue weighted by Gasteiger charge is 1.97. The van der Waals surface area contributed by atoms with Gasteiger partial charge in [-0.1, -0.05) is 6.08 Å². The van der Waals surface area contributed by atoms with Crippen molar-refractivity contribution in [2.75, 3.05) is 27.2 Å². The fraction of sp³-hybridized carbons (Fsp3) is 0.417. The third kappa shape index (κ3) is 5.95. The van der Waals surface area contributed by atoms with E-state index in [-0.39, 0.29) is 11.5 Å². The van der Waals surface area contributed by atoms with Crippen LogP contribution in [0.4, 0.5) is 0 Å². The number of nitrogens with one attached hydrogen (secondary N) is 2. The molecule has 0 fully saturated rings. The highest BCUT2D eigenvalue weighted by Crippen LogP contribution is 1.85. The van der Waals surface area contributed by atoms with Gasteiger partial charge in [0.25, 0.3) is 5.56 Å². The van der Waals surface area contributed by atoms with Gasteiger partial charge in [0.05, 0.1) is 0 Å². The number of amides is 1. The molecule has 0 aliphatic carbocycles. The van der Waals surface area contributed by atoms with Crippen molar-refractivity contribution in [2.45, 2.75) is 6.42 Å². The molecular formula is C12H18N4O2. The first kappa shape index (κ1) is 14.1. The molecule has 98 valence electrons. The highest BCUT2D eigenvalue weighted by atomic mass is 16.1. The van der Waals surface area contributed by atoms with Crippen LogP contribution in [0.3, 0.4) is 0 Å². The van der Waals surface area contributed by atoms with Gasteiger partial charge in [-0.2, -0.15) is 0 Å². The number of nitrogens with zero attached hydrogens (tertiary/aromatic N) is 2. The number of carbonyl (C=O) groups is 1. The molecule has 1 aromatic heterocycles. The fourth-order valence-corrected chi connectivity index (χ4v) is 1.27. The summed E-state index contributed by atoms with van der Waals surface area (Å²) in [6.07, 6.45) is 5.25. The molecule has 6 nitrogen and oxygen atoms in total. The second kappa shape index (κ2) is 7.39. The first-order chi connectivity index (χ1) is 8.58. The third-order valence-corrected chi connectivity index (χ3v) is 2.12. The van der Waals surface area contributed by atoms with E-state index in [2.05, 4.69) is 15.3 Å². The minimum absolute atomic E-state index is 0.143. The summed E-state index contributed by atoms with van der Waals surface area (Å²) in [6.45, 7) is 1.17. The lowest BCUT2D eigenvalue weighted by Gasteiger charge is -2.04. The lowest BCUT2D eigenvalue weighted by atomic mass is 10.3. The largest absolute Gasteiger partial charge is 0.352 e. The van der Waals surface area contributed by atoms with Crippen molar-refractivity contribution in [3.8, 4) is 0 Å². The summed E-state index contributed by atoms with van der Waals surface area (Å²) < 4.78 is 0. The van der Waals surface area contributed by atoms with Crippen LogP contribution in [-0.2, 0) is 11.2 Å². The third-order valence-electron chi connectivity index (χ3n) is 2.12. The Bertz CT molecular complexity index is 465. The monoisotopic (exact) mass is 250 g/mol. The summed E-state index contributed by atoms with van der Waals surface area (Å²) in [4.78, 5) is 30.9. The van der Waals surface area contributed by atoms with E-state index in [0.717, 1.165) is 6.54 Å². The van der Waals surface area contributed by atoms with Gasteiger partial charge in [-0.15, -0.1) is 0 Å². The average molecular weight is 250 g/mol. The van der Waals surface area contributed by atoms with Crippen molar-refractivity contribution in [2.24, 2.45) is 0 Å². The van der Waals surface area contributed by atoms with Crippen molar-refractivity contribution in [1.29, 1.82) is 0 Å². The van der Waals surface area contributed by atoms with Crippen LogP contribution in [0.15, 0.2) is 29.2 Å². The van der Waals surface area contributed by atoms with Crippen LogP contribution in [0.2, 0.25) is 0 Å². The zero-order chi connectivity index (χ0) is 13.4. The molecule has 0 bridgehead atoms. The molecule has 1 aromatic rings. The van der Waals surface area contributed by atoms with Gasteiger partial charge in [0.1, 0.15) is 5.82 Å². The first-order valence-corrected chi connectivity index (χ1v) is 5.71. The lowest BCUT2D eigenvalue weighted by Crippen LogP contribution is -2.25. The second-order valence-corrected chi connectivity index (χ2v) is 4.09. The van der Waals surface area contributed by atoms with Gasteiger partial charge in [0.2, 0.25) is 5.91 Å². The molecule has 0 aromatic carbocycles. The molecule has 0 saturated carbocycles. The number of hydrogen-bond acceptors (Lipinski definition) is 4. The molecule has 1 heterocycles. The average Bonchev–Trinajstić information content (AvgIpc) is 2.28. The zero-order valence-electron chi connectivity index (χ0n) is 10.6. The Hall–Kier alpha value is -1.95. The standard InChI is InChI=1S/C12H18N4O2/c1-16(2)9-3-4-11(17)14-7-5-10-13-8-6-12(18)15-10/h3-4,6,8H,5,7,9H2,1-2H3,(H,14,17)(H,13,15,18)/b4-3+. The van der Waals surface area contributed by atoms with Crippen molar-refractivity contribution < 1.29 is 4.79 Å². The molecule has 0 unspecified atom stereocenters. The molecule has 2 N–H and O–H groups in total. The summed E-state index contributed by atoms with van der Waals surface area (Å²) in [6, 6.07) is 1.35. The second-order valence-electron chi connectivity index (χ2n) is 4.09. The van der Waals surface area contributed by atoms with Gasteiger partial charge in [-0.25, -0.2) is 4.98 Å². The van der Waals surface area contributed by atoms with E-state index >= 15 is 0 Å². The zero-order valence-corrected chi connectivity index (χ0v) is 10.6. The van der Waals surface area contributed by atoms with Crippen LogP contribution in [0, 0.1) is 0 Å². The minimum Gasteiger partial charge on any atom is -0.352 e. The van der Waals surface area contributed by atoms with Crippen LogP contribution in [0.1, 0.15) is 5.82 Å². The maximum absolute atomic E-state index is 11.4. The molecule has 0 aliphatic heterocycles. The Kier molecular flexibility index (Phi) is 5.79. The molecular weight excluding hydrogens is 232 g/mol. The SMILES string of the molecule is CN(C)C/C=C/C(=O)NCCc1nccc(=O)[nH]1. The van der Waals surface area contributed by atoms with Gasteiger partial charge in [0.15, 0.2) is 0 Å². The highest BCUT2D eigenvalue weighted by molar-refractivity contribution is 5.87. The predicted molar refractivity (Wildman–Crippen MR) is 69.3 cm³/mol. The predicted octanol–water partition coefficient (Wildman–Crippen LogP) is -0.454. The number of H-pyrrole nitrogens is 1. The Morgan fingerprint density at radius 2 is 2.33 bits per heavy atom. The lowest BCUT2D eigenvalue weighted by molar-refractivity contribution is -0.116. The number of likely N-dealkylation sites (N-methyl/N-ethyl adjacent to an activating group) is 1. The number of hydrogen-bond donors (Lipinski definition) is 2. The minimum atomic E-state index is -0.183. The Morgan fingerprint density at radius 1 is 1.56 bits per heavy atom. The maximum Gasteiger partial charge on any atom is 0.250 e. The molecule has 0 spiro atoms. The molecule has 1 rings (SSSR count). The molecule has 1 amide bonds. The maximum atomic E-state index is 11.4. The van der Waals surface area contributed by atoms with Gasteiger partial charge < -0.3 is 15.2 Å². The van der Waals surface area contributed by atoms with E-state index in [1.54, 1.807) is 6.08 Å². The summed E-state index contributed by atoms with van der Waals surface area (Å²) in [5.74, 6) is 0.426. The number of carbonyl (C=O) groups excluding carboxylic acids is 1. The van der Waals surface area contributed by atoms with Crippen LogP contribution in [0.25, 0.3) is 0 Å². The number of rotatable bonds is 6. The molecule has 6 heteroatoms. The van der Waals surface area contributed by atoms with Gasteiger partial charge >= 0.3 is 0 Å². The Morgan fingerprint density at radius 3 is 3.00 bits per heavy atom. The Balaban J connectivity index is 2.27. The van der Waals surface area contributed by atoms with Crippen molar-refractivity contribution >= 4 is 5.91 Å². The fourth-order valence-electron chi connectivity index (χ4n) is 1.27. The summed E-state index contributed by atoms with van der Waals surface area (Å²) >= 11 is 0. The van der Waals surface area contributed by atoms with Crippen molar-refractivity contribution in [1.82, 2.24) is 20.2 Å². The molecule has 0 aliphatic rings. The van der Waals surface area contributed by atoms with E-state index in [4.69, 9.17) is 0 Å². The van der Waals surface area contributed by atoms with E-state index in [9.17, 15) is 9.59 Å². The molecule has 18 heavy (non-hydrogen) atoms. The number of aromatic nitrogens is 2. The number of aromatic amines is 1. The van der Waals surface area contributed by atoms with Crippen LogP contribution >= 0.6 is 0 Å². The first-order valence-electron chi connectivity index (χ1n) is 5.71. The quantitative estimate of drug-likeness (QED) is 0.670. The van der Waals surface area contributed by atoms with E-state index in [1.165, 1.54) is 18.3 Å². The molecule has 0 saturated heterocycles. The summed E-state index contributed by atoms with van der Waals surface area (Å²) in [7, 11) is 3.86. The topological polar surface area (TPSA) is 78.1 Å². The summed E-state index contributed by atoms with van der Waals surface area (Å²) in [5, 5.41) is 2.72. The van der Waals surface area contributed by atoms with Gasteiger partial charge in [-0.3, -0.25) is 9.59 Å².